The summed E-state index contributed by atoms with van der Waals surface area (Å²) in [5.41, 5.74) is 1.82. The van der Waals surface area contributed by atoms with Gasteiger partial charge < -0.3 is 4.74 Å². The van der Waals surface area contributed by atoms with Gasteiger partial charge in [0.05, 0.1) is 24.4 Å². The molecule has 0 aliphatic heterocycles. The van der Waals surface area contributed by atoms with Crippen LogP contribution in [0.15, 0.2) is 41.7 Å². The summed E-state index contributed by atoms with van der Waals surface area (Å²) in [5, 5.41) is 4.21. The molecule has 0 bridgehead atoms. The Morgan fingerprint density at radius 3 is 2.87 bits per heavy atom. The Morgan fingerprint density at radius 1 is 1.35 bits per heavy atom. The van der Waals surface area contributed by atoms with E-state index in [0.29, 0.717) is 23.2 Å². The van der Waals surface area contributed by atoms with Crippen molar-refractivity contribution in [1.29, 1.82) is 0 Å². The predicted molar refractivity (Wildman–Crippen MR) is 83.5 cm³/mol. The van der Waals surface area contributed by atoms with Crippen molar-refractivity contribution < 1.29 is 9.53 Å². The standard InChI is InChI=1S/C16H16N4O3/c1-3-23-16(22)13-9-20-14(11(13)2)15(21)19(10-18-20)8-12-6-4-5-7-17-12/h4-7,9-10H,3,8H2,1-2H3. The van der Waals surface area contributed by atoms with Crippen LogP contribution in [0.5, 0.6) is 0 Å². The van der Waals surface area contributed by atoms with Gasteiger partial charge in [0.15, 0.2) is 0 Å². The van der Waals surface area contributed by atoms with E-state index in [2.05, 4.69) is 10.1 Å². The average molecular weight is 312 g/mol. The number of fused-ring (bicyclic) bond motifs is 1. The lowest BCUT2D eigenvalue weighted by Gasteiger charge is -2.05. The lowest BCUT2D eigenvalue weighted by Crippen LogP contribution is -2.24. The smallest absolute Gasteiger partial charge is 0.340 e. The fraction of sp³-hybridized carbons (Fsp3) is 0.250. The van der Waals surface area contributed by atoms with E-state index in [4.69, 9.17) is 4.74 Å². The molecule has 3 aromatic heterocycles. The zero-order chi connectivity index (χ0) is 16.4. The molecule has 0 aromatic carbocycles. The molecule has 3 heterocycles. The SMILES string of the molecule is CCOC(=O)c1cn2ncn(Cc3ccccn3)c(=O)c2c1C. The minimum absolute atomic E-state index is 0.223. The maximum Gasteiger partial charge on any atom is 0.340 e. The zero-order valence-electron chi connectivity index (χ0n) is 12.9. The van der Waals surface area contributed by atoms with Crippen molar-refractivity contribution in [2.45, 2.75) is 20.4 Å². The summed E-state index contributed by atoms with van der Waals surface area (Å²) in [4.78, 5) is 28.8. The number of hydrogen-bond acceptors (Lipinski definition) is 5. The van der Waals surface area contributed by atoms with E-state index in [-0.39, 0.29) is 12.2 Å². The molecule has 0 saturated heterocycles. The molecule has 0 spiro atoms. The molecule has 0 N–H and O–H groups in total. The first-order chi connectivity index (χ1) is 11.1. The molecule has 23 heavy (non-hydrogen) atoms. The highest BCUT2D eigenvalue weighted by atomic mass is 16.5. The summed E-state index contributed by atoms with van der Waals surface area (Å²) in [6, 6.07) is 5.52. The Morgan fingerprint density at radius 2 is 2.17 bits per heavy atom. The van der Waals surface area contributed by atoms with Crippen molar-refractivity contribution in [1.82, 2.24) is 19.2 Å². The maximum atomic E-state index is 12.7. The number of ether oxygens (including phenoxy) is 1. The number of pyridine rings is 1. The summed E-state index contributed by atoms with van der Waals surface area (Å²) in [7, 11) is 0. The molecule has 0 saturated carbocycles. The molecule has 0 aliphatic rings. The second-order valence-corrected chi connectivity index (χ2v) is 5.07. The molecule has 0 amide bonds. The number of carbonyl (C=O) groups is 1. The van der Waals surface area contributed by atoms with Crippen LogP contribution in [-0.4, -0.2) is 31.7 Å². The van der Waals surface area contributed by atoms with Gasteiger partial charge in [-0.25, -0.2) is 9.31 Å². The summed E-state index contributed by atoms with van der Waals surface area (Å²) in [6.45, 7) is 4.06. The third-order valence-corrected chi connectivity index (χ3v) is 3.57. The van der Waals surface area contributed by atoms with E-state index in [0.717, 1.165) is 5.69 Å². The van der Waals surface area contributed by atoms with E-state index in [9.17, 15) is 9.59 Å². The van der Waals surface area contributed by atoms with E-state index < -0.39 is 5.97 Å². The molecule has 7 nitrogen and oxygen atoms in total. The van der Waals surface area contributed by atoms with Crippen molar-refractivity contribution in [3.63, 3.8) is 0 Å². The number of aryl methyl sites for hydroxylation is 1. The number of hydrogen-bond donors (Lipinski definition) is 0. The first kappa shape index (κ1) is 15.0. The van der Waals surface area contributed by atoms with Crippen LogP contribution in [0, 0.1) is 6.92 Å². The van der Waals surface area contributed by atoms with E-state index >= 15 is 0 Å². The van der Waals surface area contributed by atoms with Crippen molar-refractivity contribution >= 4 is 11.5 Å². The van der Waals surface area contributed by atoms with Crippen molar-refractivity contribution in [2.24, 2.45) is 0 Å². The van der Waals surface area contributed by atoms with Gasteiger partial charge in [0.2, 0.25) is 0 Å². The Kier molecular flexibility index (Phi) is 3.92. The highest BCUT2D eigenvalue weighted by molar-refractivity contribution is 5.93. The third-order valence-electron chi connectivity index (χ3n) is 3.57. The molecule has 0 fully saturated rings. The number of esters is 1. The molecule has 3 rings (SSSR count). The van der Waals surface area contributed by atoms with Gasteiger partial charge in [0.25, 0.3) is 5.56 Å². The molecule has 0 radical (unpaired) electrons. The molecule has 118 valence electrons. The van der Waals surface area contributed by atoms with Crippen LogP contribution in [0.2, 0.25) is 0 Å². The van der Waals surface area contributed by atoms with Gasteiger partial charge in [-0.2, -0.15) is 5.10 Å². The molecule has 7 heteroatoms. The van der Waals surface area contributed by atoms with E-state index in [1.807, 2.05) is 18.2 Å². The number of aromatic nitrogens is 4. The van der Waals surface area contributed by atoms with Crippen LogP contribution in [0.3, 0.4) is 0 Å². The average Bonchev–Trinajstić information content (AvgIpc) is 2.89. The lowest BCUT2D eigenvalue weighted by atomic mass is 10.2. The predicted octanol–water partition coefficient (Wildman–Crippen LogP) is 1.42. The van der Waals surface area contributed by atoms with Gasteiger partial charge in [-0.15, -0.1) is 0 Å². The fourth-order valence-electron chi connectivity index (χ4n) is 2.43. The second kappa shape index (κ2) is 6.04. The van der Waals surface area contributed by atoms with Crippen molar-refractivity contribution in [3.8, 4) is 0 Å². The van der Waals surface area contributed by atoms with Crippen molar-refractivity contribution in [2.75, 3.05) is 6.61 Å². The van der Waals surface area contributed by atoms with E-state index in [1.165, 1.54) is 21.6 Å². The molecular formula is C16H16N4O3. The molecule has 0 aliphatic carbocycles. The summed E-state index contributed by atoms with van der Waals surface area (Å²) in [5.74, 6) is -0.453. The van der Waals surface area contributed by atoms with Crippen LogP contribution < -0.4 is 5.56 Å². The van der Waals surface area contributed by atoms with Crippen LogP contribution in [0.25, 0.3) is 5.52 Å². The first-order valence-corrected chi connectivity index (χ1v) is 7.26. The number of carbonyl (C=O) groups excluding carboxylic acids is 1. The van der Waals surface area contributed by atoms with Gasteiger partial charge in [-0.1, -0.05) is 6.07 Å². The Bertz CT molecular complexity index is 912. The van der Waals surface area contributed by atoms with Crippen molar-refractivity contribution in [3.05, 3.63) is 64.1 Å². The zero-order valence-corrected chi connectivity index (χ0v) is 12.9. The molecule has 3 aromatic rings. The summed E-state index contributed by atoms with van der Waals surface area (Å²) >= 11 is 0. The summed E-state index contributed by atoms with van der Waals surface area (Å²) in [6.07, 6.45) is 4.64. The lowest BCUT2D eigenvalue weighted by molar-refractivity contribution is 0.0525. The second-order valence-electron chi connectivity index (χ2n) is 5.07. The van der Waals surface area contributed by atoms with Gasteiger partial charge in [0, 0.05) is 12.4 Å². The largest absolute Gasteiger partial charge is 0.462 e. The molecular weight excluding hydrogens is 296 g/mol. The van der Waals surface area contributed by atoms with Crippen LogP contribution in [-0.2, 0) is 11.3 Å². The molecule has 0 atom stereocenters. The maximum absolute atomic E-state index is 12.7. The van der Waals surface area contributed by atoms with E-state index in [1.54, 1.807) is 20.0 Å². The Hall–Kier alpha value is -2.96. The highest BCUT2D eigenvalue weighted by Crippen LogP contribution is 2.15. The molecule has 0 unspecified atom stereocenters. The van der Waals surface area contributed by atoms with Gasteiger partial charge >= 0.3 is 5.97 Å². The van der Waals surface area contributed by atoms with Crippen LogP contribution >= 0.6 is 0 Å². The minimum Gasteiger partial charge on any atom is -0.462 e. The third kappa shape index (κ3) is 2.73. The normalized spacial score (nSPS) is 10.9. The highest BCUT2D eigenvalue weighted by Gasteiger charge is 2.18. The number of nitrogens with zero attached hydrogens (tertiary/aromatic N) is 4. The van der Waals surface area contributed by atoms with Gasteiger partial charge in [0.1, 0.15) is 11.8 Å². The first-order valence-electron chi connectivity index (χ1n) is 7.26. The topological polar surface area (TPSA) is 78.5 Å². The Balaban J connectivity index is 2.07. The fourth-order valence-corrected chi connectivity index (χ4v) is 2.43. The van der Waals surface area contributed by atoms with Crippen LogP contribution in [0.4, 0.5) is 0 Å². The monoisotopic (exact) mass is 312 g/mol. The van der Waals surface area contributed by atoms with Gasteiger partial charge in [-0.05, 0) is 31.5 Å². The van der Waals surface area contributed by atoms with Gasteiger partial charge in [-0.3, -0.25) is 14.3 Å². The quantitative estimate of drug-likeness (QED) is 0.681. The Labute approximate surface area is 132 Å². The summed E-state index contributed by atoms with van der Waals surface area (Å²) < 4.78 is 7.89. The minimum atomic E-state index is -0.453. The number of rotatable bonds is 4. The van der Waals surface area contributed by atoms with Crippen LogP contribution in [0.1, 0.15) is 28.5 Å².